The molecule has 2 heterocycles. The molecule has 158 valence electrons. The minimum Gasteiger partial charge on any atom is -0.391 e. The SMILES string of the molecule is CCC[C@H]1C[C@H](C(=O)N[C@@H]([C@@H]2O[C@@H](SC)[C@@H](O)[C@H](O)[C@@H]2O)[C@H](C)O)[NH+](C)C1. The molecule has 0 radical (unpaired) electrons. The number of carbonyl (C=O) groups is 1. The lowest BCUT2D eigenvalue weighted by molar-refractivity contribution is -0.884. The van der Waals surface area contributed by atoms with Gasteiger partial charge in [-0.2, -0.15) is 0 Å². The maximum Gasteiger partial charge on any atom is 0.278 e. The van der Waals surface area contributed by atoms with Gasteiger partial charge < -0.3 is 35.4 Å². The molecule has 9 heteroatoms. The average Bonchev–Trinajstić information content (AvgIpc) is 2.99. The number of ether oxygens (including phenoxy) is 1. The fraction of sp³-hybridized carbons (Fsp3) is 0.944. The maximum absolute atomic E-state index is 12.9. The molecule has 2 aliphatic heterocycles. The topological polar surface area (TPSA) is 124 Å². The van der Waals surface area contributed by atoms with Crippen molar-refractivity contribution in [2.24, 2.45) is 5.92 Å². The van der Waals surface area contributed by atoms with Crippen molar-refractivity contribution in [1.29, 1.82) is 0 Å². The van der Waals surface area contributed by atoms with Gasteiger partial charge in [0.05, 0.1) is 25.7 Å². The Labute approximate surface area is 165 Å². The van der Waals surface area contributed by atoms with E-state index >= 15 is 0 Å². The van der Waals surface area contributed by atoms with Crippen LogP contribution in [0.5, 0.6) is 0 Å². The lowest BCUT2D eigenvalue weighted by atomic mass is 9.92. The standard InChI is InChI=1S/C18H34N2O6S/c1-5-6-10-7-11(20(3)8-10)17(25)19-12(9(2)21)16-14(23)13(22)15(24)18(26-16)27-4/h9-16,18,21-24H,5-8H2,1-4H3,(H,19,25)/p+1/t9-,10-,11+,12+,13+,14-,15-,16-,18-/m0/s1. The van der Waals surface area contributed by atoms with Crippen LogP contribution in [0.2, 0.25) is 0 Å². The van der Waals surface area contributed by atoms with E-state index in [9.17, 15) is 25.2 Å². The van der Waals surface area contributed by atoms with Gasteiger partial charge in [0, 0.05) is 12.3 Å². The molecular weight excluding hydrogens is 372 g/mol. The zero-order valence-corrected chi connectivity index (χ0v) is 17.4. The predicted octanol–water partition coefficient (Wildman–Crippen LogP) is -2.27. The van der Waals surface area contributed by atoms with Gasteiger partial charge in [0.1, 0.15) is 29.9 Å². The molecule has 0 aromatic heterocycles. The van der Waals surface area contributed by atoms with Gasteiger partial charge in [-0.3, -0.25) is 4.79 Å². The van der Waals surface area contributed by atoms with E-state index in [4.69, 9.17) is 4.74 Å². The van der Waals surface area contributed by atoms with E-state index in [0.717, 1.165) is 30.7 Å². The van der Waals surface area contributed by atoms with Crippen LogP contribution in [-0.4, -0.2) is 94.2 Å². The van der Waals surface area contributed by atoms with E-state index in [-0.39, 0.29) is 11.9 Å². The van der Waals surface area contributed by atoms with Gasteiger partial charge >= 0.3 is 0 Å². The molecule has 6 N–H and O–H groups in total. The highest BCUT2D eigenvalue weighted by atomic mass is 32.2. The van der Waals surface area contributed by atoms with Crippen molar-refractivity contribution < 1.29 is 34.9 Å². The Balaban J connectivity index is 2.09. The summed E-state index contributed by atoms with van der Waals surface area (Å²) in [4.78, 5) is 14.0. The van der Waals surface area contributed by atoms with E-state index in [0.29, 0.717) is 5.92 Å². The van der Waals surface area contributed by atoms with Gasteiger partial charge in [0.15, 0.2) is 6.04 Å². The van der Waals surface area contributed by atoms with Crippen LogP contribution in [0.1, 0.15) is 33.1 Å². The molecule has 27 heavy (non-hydrogen) atoms. The number of likely N-dealkylation sites (tertiary alicyclic amines) is 1. The highest BCUT2D eigenvalue weighted by Crippen LogP contribution is 2.29. The van der Waals surface area contributed by atoms with E-state index in [1.54, 1.807) is 6.26 Å². The van der Waals surface area contributed by atoms with E-state index < -0.39 is 42.0 Å². The second kappa shape index (κ2) is 9.87. The van der Waals surface area contributed by atoms with Crippen molar-refractivity contribution in [3.63, 3.8) is 0 Å². The summed E-state index contributed by atoms with van der Waals surface area (Å²) >= 11 is 1.20. The molecule has 0 spiro atoms. The molecule has 10 atom stereocenters. The highest BCUT2D eigenvalue weighted by Gasteiger charge is 2.49. The van der Waals surface area contributed by atoms with Crippen LogP contribution in [0.15, 0.2) is 0 Å². The molecule has 2 saturated heterocycles. The molecular formula is C18H35N2O6S+. The first-order chi connectivity index (χ1) is 12.7. The quantitative estimate of drug-likeness (QED) is 0.281. The molecule has 0 bridgehead atoms. The Morgan fingerprint density at radius 3 is 2.52 bits per heavy atom. The molecule has 2 aliphatic rings. The molecule has 0 aliphatic carbocycles. The van der Waals surface area contributed by atoms with Gasteiger partial charge in [-0.25, -0.2) is 0 Å². The minimum absolute atomic E-state index is 0.186. The van der Waals surface area contributed by atoms with Crippen LogP contribution in [0.25, 0.3) is 0 Å². The molecule has 2 fully saturated rings. The predicted molar refractivity (Wildman–Crippen MR) is 102 cm³/mol. The number of hydrogen-bond donors (Lipinski definition) is 6. The second-order valence-corrected chi connectivity index (χ2v) is 8.88. The van der Waals surface area contributed by atoms with Gasteiger partial charge in [-0.1, -0.05) is 13.3 Å². The van der Waals surface area contributed by atoms with Crippen molar-refractivity contribution in [3.05, 3.63) is 0 Å². The van der Waals surface area contributed by atoms with Crippen LogP contribution < -0.4 is 10.2 Å². The van der Waals surface area contributed by atoms with Gasteiger partial charge in [0.2, 0.25) is 0 Å². The normalized spacial score (nSPS) is 41.9. The summed E-state index contributed by atoms with van der Waals surface area (Å²) < 4.78 is 5.73. The summed E-state index contributed by atoms with van der Waals surface area (Å²) in [7, 11) is 1.99. The molecule has 0 aromatic carbocycles. The lowest BCUT2D eigenvalue weighted by Gasteiger charge is -2.44. The fourth-order valence-electron chi connectivity index (χ4n) is 4.28. The number of rotatable bonds is 7. The van der Waals surface area contributed by atoms with Gasteiger partial charge in [-0.05, 0) is 19.6 Å². The zero-order chi connectivity index (χ0) is 20.3. The maximum atomic E-state index is 12.9. The van der Waals surface area contributed by atoms with Crippen molar-refractivity contribution in [3.8, 4) is 0 Å². The molecule has 8 nitrogen and oxygen atoms in total. The van der Waals surface area contributed by atoms with Gasteiger partial charge in [0.25, 0.3) is 5.91 Å². The van der Waals surface area contributed by atoms with E-state index in [1.165, 1.54) is 18.7 Å². The fourth-order valence-corrected chi connectivity index (χ4v) is 4.96. The van der Waals surface area contributed by atoms with Crippen LogP contribution in [0, 0.1) is 5.92 Å². The van der Waals surface area contributed by atoms with Crippen LogP contribution in [0.4, 0.5) is 0 Å². The molecule has 1 unspecified atom stereocenters. The first-order valence-electron chi connectivity index (χ1n) is 9.74. The number of nitrogens with one attached hydrogen (secondary N) is 2. The number of aliphatic hydroxyl groups excluding tert-OH is 4. The van der Waals surface area contributed by atoms with Crippen molar-refractivity contribution >= 4 is 17.7 Å². The smallest absolute Gasteiger partial charge is 0.278 e. The summed E-state index contributed by atoms with van der Waals surface area (Å²) in [5.41, 5.74) is -0.750. The summed E-state index contributed by atoms with van der Waals surface area (Å²) in [6.45, 7) is 4.58. The zero-order valence-electron chi connectivity index (χ0n) is 16.5. The molecule has 1 amide bonds. The third-order valence-corrected chi connectivity index (χ3v) is 6.66. The Hall–Kier alpha value is -0.420. The summed E-state index contributed by atoms with van der Waals surface area (Å²) in [5.74, 6) is 0.319. The Morgan fingerprint density at radius 1 is 1.30 bits per heavy atom. The van der Waals surface area contributed by atoms with Crippen molar-refractivity contribution in [2.75, 3.05) is 19.8 Å². The first kappa shape index (κ1) is 22.9. The number of aliphatic hydroxyl groups is 4. The molecule has 0 saturated carbocycles. The van der Waals surface area contributed by atoms with E-state index in [2.05, 4.69) is 12.2 Å². The van der Waals surface area contributed by atoms with Crippen LogP contribution in [-0.2, 0) is 9.53 Å². The van der Waals surface area contributed by atoms with E-state index in [1.807, 2.05) is 7.05 Å². The van der Waals surface area contributed by atoms with Crippen molar-refractivity contribution in [1.82, 2.24) is 5.32 Å². The average molecular weight is 408 g/mol. The first-order valence-corrected chi connectivity index (χ1v) is 11.0. The Bertz CT molecular complexity index is 494. The number of likely N-dealkylation sites (N-methyl/N-ethyl adjacent to an activating group) is 1. The third-order valence-electron chi connectivity index (χ3n) is 5.81. The minimum atomic E-state index is -1.41. The number of thioether (sulfide) groups is 1. The highest BCUT2D eigenvalue weighted by molar-refractivity contribution is 7.99. The Kier molecular flexibility index (Phi) is 8.35. The number of amides is 1. The molecule has 0 aromatic rings. The Morgan fingerprint density at radius 2 is 1.96 bits per heavy atom. The largest absolute Gasteiger partial charge is 0.391 e. The number of hydrogen-bond acceptors (Lipinski definition) is 7. The van der Waals surface area contributed by atoms with Crippen LogP contribution >= 0.6 is 11.8 Å². The number of carbonyl (C=O) groups excluding carboxylic acids is 1. The van der Waals surface area contributed by atoms with Crippen LogP contribution in [0.3, 0.4) is 0 Å². The van der Waals surface area contributed by atoms with Gasteiger partial charge in [-0.15, -0.1) is 11.8 Å². The second-order valence-electron chi connectivity index (χ2n) is 7.95. The van der Waals surface area contributed by atoms with Crippen molar-refractivity contribution in [2.45, 2.75) is 81.1 Å². The lowest BCUT2D eigenvalue weighted by Crippen LogP contribution is -3.12. The third kappa shape index (κ3) is 5.14. The monoisotopic (exact) mass is 407 g/mol. The summed E-state index contributed by atoms with van der Waals surface area (Å²) in [6.07, 6.45) is -1.39. The number of quaternary nitrogens is 1. The summed E-state index contributed by atoms with van der Waals surface area (Å²) in [5, 5.41) is 43.6. The molecule has 2 rings (SSSR count). The summed E-state index contributed by atoms with van der Waals surface area (Å²) in [6, 6.07) is -1.10.